The Bertz CT molecular complexity index is 562. The standard InChI is InChI=1S/C11H20N2O3.C10H20N2O2/c14-11(15)13-5-1-2-10(8-13)12-9-3-6-16-7-4-9;1-10(2,3)8-7(11)5-4-6-12(8)9(13)14/h9-10,12H,1-8H2,(H,14,15);7-8H,4-6,11H2,1-3H3,(H,13,14)/t10-;7-,8?/m00/s1. The summed E-state index contributed by atoms with van der Waals surface area (Å²) in [5.41, 5.74) is 5.90. The Labute approximate surface area is 179 Å². The van der Waals surface area contributed by atoms with Gasteiger partial charge in [-0.05, 0) is 43.9 Å². The van der Waals surface area contributed by atoms with Crippen molar-refractivity contribution in [1.82, 2.24) is 15.1 Å². The van der Waals surface area contributed by atoms with Gasteiger partial charge in [-0.15, -0.1) is 0 Å². The third-order valence-electron chi connectivity index (χ3n) is 6.20. The highest BCUT2D eigenvalue weighted by Crippen LogP contribution is 2.31. The topological polar surface area (TPSA) is 128 Å². The molecule has 0 radical (unpaired) electrons. The predicted octanol–water partition coefficient (Wildman–Crippen LogP) is 2.40. The number of nitrogens with one attached hydrogen (secondary N) is 1. The van der Waals surface area contributed by atoms with Crippen molar-refractivity contribution in [2.75, 3.05) is 32.8 Å². The number of carboxylic acid groups (broad SMARTS) is 2. The number of carbonyl (C=O) groups is 2. The third kappa shape index (κ3) is 7.28. The molecule has 3 fully saturated rings. The fourth-order valence-corrected chi connectivity index (χ4v) is 4.83. The van der Waals surface area contributed by atoms with Crippen LogP contribution in [0.15, 0.2) is 0 Å². The molecule has 3 aliphatic rings. The highest BCUT2D eigenvalue weighted by atomic mass is 16.5. The minimum Gasteiger partial charge on any atom is -0.465 e. The zero-order chi connectivity index (χ0) is 22.3. The molecule has 3 atom stereocenters. The van der Waals surface area contributed by atoms with Crippen LogP contribution in [0.1, 0.15) is 59.3 Å². The van der Waals surface area contributed by atoms with Crippen LogP contribution in [-0.2, 0) is 4.74 Å². The Morgan fingerprint density at radius 2 is 1.60 bits per heavy atom. The number of rotatable bonds is 2. The maximum Gasteiger partial charge on any atom is 0.407 e. The van der Waals surface area contributed by atoms with Crippen molar-refractivity contribution in [3.8, 4) is 0 Å². The molecule has 2 amide bonds. The Morgan fingerprint density at radius 3 is 2.13 bits per heavy atom. The summed E-state index contributed by atoms with van der Waals surface area (Å²) in [7, 11) is 0. The molecule has 3 rings (SSSR count). The number of hydrogen-bond acceptors (Lipinski definition) is 5. The quantitative estimate of drug-likeness (QED) is 0.531. The van der Waals surface area contributed by atoms with Crippen molar-refractivity contribution in [2.24, 2.45) is 11.1 Å². The van der Waals surface area contributed by atoms with Gasteiger partial charge >= 0.3 is 12.2 Å². The van der Waals surface area contributed by atoms with E-state index in [-0.39, 0.29) is 17.5 Å². The molecule has 0 aromatic heterocycles. The van der Waals surface area contributed by atoms with Gasteiger partial charge in [-0.3, -0.25) is 0 Å². The lowest BCUT2D eigenvalue weighted by Gasteiger charge is -2.45. The Balaban J connectivity index is 0.000000216. The van der Waals surface area contributed by atoms with Crippen LogP contribution >= 0.6 is 0 Å². The fourth-order valence-electron chi connectivity index (χ4n) is 4.83. The van der Waals surface area contributed by atoms with E-state index in [0.717, 1.165) is 51.7 Å². The van der Waals surface area contributed by atoms with Crippen LogP contribution in [0.4, 0.5) is 9.59 Å². The molecular weight excluding hydrogens is 388 g/mol. The molecule has 0 bridgehead atoms. The van der Waals surface area contributed by atoms with Crippen LogP contribution in [0, 0.1) is 5.41 Å². The second-order valence-electron chi connectivity index (χ2n) is 9.71. The summed E-state index contributed by atoms with van der Waals surface area (Å²) >= 11 is 0. The van der Waals surface area contributed by atoms with E-state index < -0.39 is 12.2 Å². The first kappa shape index (κ1) is 24.7. The Morgan fingerprint density at radius 1 is 0.967 bits per heavy atom. The van der Waals surface area contributed by atoms with Gasteiger partial charge in [-0.1, -0.05) is 20.8 Å². The van der Waals surface area contributed by atoms with E-state index in [1.807, 2.05) is 20.8 Å². The van der Waals surface area contributed by atoms with E-state index >= 15 is 0 Å². The first-order valence-corrected chi connectivity index (χ1v) is 11.2. The molecule has 1 unspecified atom stereocenters. The number of ether oxygens (including phenoxy) is 1. The molecule has 3 saturated heterocycles. The second-order valence-corrected chi connectivity index (χ2v) is 9.71. The molecule has 5 N–H and O–H groups in total. The fraction of sp³-hybridized carbons (Fsp3) is 0.905. The smallest absolute Gasteiger partial charge is 0.407 e. The summed E-state index contributed by atoms with van der Waals surface area (Å²) in [6, 6.07) is 0.744. The van der Waals surface area contributed by atoms with Gasteiger partial charge in [0.15, 0.2) is 0 Å². The van der Waals surface area contributed by atoms with Crippen LogP contribution in [0.5, 0.6) is 0 Å². The first-order valence-electron chi connectivity index (χ1n) is 11.2. The minimum absolute atomic E-state index is 0.0279. The number of amides is 2. The number of likely N-dealkylation sites (tertiary alicyclic amines) is 2. The monoisotopic (exact) mass is 428 g/mol. The molecule has 0 aromatic rings. The lowest BCUT2D eigenvalue weighted by atomic mass is 9.78. The molecule has 0 aliphatic carbocycles. The Hall–Kier alpha value is -1.58. The number of nitrogens with zero attached hydrogens (tertiary/aromatic N) is 2. The zero-order valence-electron chi connectivity index (χ0n) is 18.7. The van der Waals surface area contributed by atoms with Crippen LogP contribution in [0.25, 0.3) is 0 Å². The van der Waals surface area contributed by atoms with Crippen molar-refractivity contribution >= 4 is 12.2 Å². The molecule has 9 nitrogen and oxygen atoms in total. The molecule has 0 spiro atoms. The van der Waals surface area contributed by atoms with Gasteiger partial charge in [0.25, 0.3) is 0 Å². The van der Waals surface area contributed by atoms with E-state index in [0.29, 0.717) is 31.7 Å². The van der Waals surface area contributed by atoms with E-state index in [1.54, 1.807) is 0 Å². The summed E-state index contributed by atoms with van der Waals surface area (Å²) in [5, 5.41) is 21.6. The largest absolute Gasteiger partial charge is 0.465 e. The van der Waals surface area contributed by atoms with Crippen molar-refractivity contribution in [2.45, 2.75) is 83.5 Å². The summed E-state index contributed by atoms with van der Waals surface area (Å²) < 4.78 is 5.30. The number of hydrogen-bond donors (Lipinski definition) is 4. The highest BCUT2D eigenvalue weighted by Gasteiger charge is 2.39. The molecule has 0 aromatic carbocycles. The van der Waals surface area contributed by atoms with Gasteiger partial charge in [0.1, 0.15) is 0 Å². The first-order chi connectivity index (χ1) is 14.1. The van der Waals surface area contributed by atoms with Crippen molar-refractivity contribution in [3.05, 3.63) is 0 Å². The third-order valence-corrected chi connectivity index (χ3v) is 6.20. The van der Waals surface area contributed by atoms with Crippen LogP contribution in [0.2, 0.25) is 0 Å². The average molecular weight is 429 g/mol. The van der Waals surface area contributed by atoms with Gasteiger partial charge in [0.2, 0.25) is 0 Å². The summed E-state index contributed by atoms with van der Waals surface area (Å²) in [6.07, 6.45) is 4.30. The SMILES string of the molecule is CC(C)(C)C1[C@@H](N)CCCN1C(=O)O.O=C(O)N1CCC[C@H](NC2CCOCC2)C1. The van der Waals surface area contributed by atoms with Gasteiger partial charge in [0, 0.05) is 51.0 Å². The van der Waals surface area contributed by atoms with E-state index in [4.69, 9.17) is 20.7 Å². The van der Waals surface area contributed by atoms with Gasteiger partial charge in [-0.2, -0.15) is 0 Å². The molecule has 9 heteroatoms. The second kappa shape index (κ2) is 11.2. The lowest BCUT2D eigenvalue weighted by Crippen LogP contribution is -2.59. The van der Waals surface area contributed by atoms with Crippen molar-refractivity contribution in [1.29, 1.82) is 0 Å². The molecule has 174 valence electrons. The molecule has 3 aliphatic heterocycles. The highest BCUT2D eigenvalue weighted by molar-refractivity contribution is 5.66. The van der Waals surface area contributed by atoms with E-state index in [9.17, 15) is 9.59 Å². The predicted molar refractivity (Wildman–Crippen MR) is 115 cm³/mol. The molecule has 30 heavy (non-hydrogen) atoms. The van der Waals surface area contributed by atoms with Crippen LogP contribution in [-0.4, -0.2) is 89.2 Å². The maximum atomic E-state index is 11.0. The van der Waals surface area contributed by atoms with E-state index in [1.165, 1.54) is 9.80 Å². The molecule has 3 heterocycles. The van der Waals surface area contributed by atoms with Crippen molar-refractivity contribution in [3.63, 3.8) is 0 Å². The van der Waals surface area contributed by atoms with Gasteiger partial charge < -0.3 is 35.8 Å². The van der Waals surface area contributed by atoms with Crippen molar-refractivity contribution < 1.29 is 24.5 Å². The maximum absolute atomic E-state index is 11.0. The minimum atomic E-state index is -0.847. The summed E-state index contributed by atoms with van der Waals surface area (Å²) in [4.78, 5) is 24.9. The Kier molecular flexibility index (Phi) is 9.18. The van der Waals surface area contributed by atoms with Gasteiger partial charge in [0.05, 0.1) is 6.04 Å². The van der Waals surface area contributed by atoms with E-state index in [2.05, 4.69) is 5.32 Å². The molecule has 0 saturated carbocycles. The number of nitrogens with two attached hydrogens (primary N) is 1. The average Bonchev–Trinajstić information content (AvgIpc) is 2.68. The summed E-state index contributed by atoms with van der Waals surface area (Å²) in [6.45, 7) is 9.70. The lowest BCUT2D eigenvalue weighted by molar-refractivity contribution is 0.0474. The number of piperidine rings is 2. The van der Waals surface area contributed by atoms with Crippen LogP contribution < -0.4 is 11.1 Å². The van der Waals surface area contributed by atoms with Crippen LogP contribution in [0.3, 0.4) is 0 Å². The zero-order valence-corrected chi connectivity index (χ0v) is 18.7. The van der Waals surface area contributed by atoms with Gasteiger partial charge in [-0.25, -0.2) is 9.59 Å². The summed E-state index contributed by atoms with van der Waals surface area (Å²) in [5.74, 6) is 0. The normalized spacial score (nSPS) is 28.5. The molecular formula is C21H40N4O5.